The molecule has 2 amide bonds. The van der Waals surface area contributed by atoms with Crippen molar-refractivity contribution in [3.05, 3.63) is 0 Å². The number of nitrogens with two attached hydrogens (primary N) is 1. The van der Waals surface area contributed by atoms with Crippen molar-refractivity contribution in [3.8, 4) is 0 Å². The second-order valence-electron chi connectivity index (χ2n) is 5.85. The summed E-state index contributed by atoms with van der Waals surface area (Å²) in [7, 11) is 0. The van der Waals surface area contributed by atoms with Crippen molar-refractivity contribution >= 4 is 17.8 Å². The highest BCUT2D eigenvalue weighted by Crippen LogP contribution is 2.11. The van der Waals surface area contributed by atoms with E-state index in [2.05, 4.69) is 10.6 Å². The summed E-state index contributed by atoms with van der Waals surface area (Å²) in [4.78, 5) is 35.2. The second kappa shape index (κ2) is 9.40. The summed E-state index contributed by atoms with van der Waals surface area (Å²) in [6.07, 6.45) is 1.42. The van der Waals surface area contributed by atoms with Crippen molar-refractivity contribution in [1.29, 1.82) is 0 Å². The zero-order chi connectivity index (χ0) is 17.4. The van der Waals surface area contributed by atoms with Gasteiger partial charge in [0.05, 0.1) is 6.04 Å². The molecule has 0 bridgehead atoms. The van der Waals surface area contributed by atoms with Gasteiger partial charge in [-0.3, -0.25) is 14.4 Å². The number of rotatable bonds is 9. The summed E-state index contributed by atoms with van der Waals surface area (Å²) in [5.74, 6) is -2.15. The normalized spacial score (nSPS) is 17.7. The van der Waals surface area contributed by atoms with E-state index in [4.69, 9.17) is 10.8 Å². The molecule has 0 radical (unpaired) electrons. The first-order valence-electron chi connectivity index (χ1n) is 7.74. The van der Waals surface area contributed by atoms with Gasteiger partial charge in [-0.25, -0.2) is 0 Å². The molecule has 5 atom stereocenters. The van der Waals surface area contributed by atoms with Gasteiger partial charge in [-0.15, -0.1) is 0 Å². The number of hydrogen-bond acceptors (Lipinski definition) is 4. The molecule has 0 aromatic heterocycles. The summed E-state index contributed by atoms with van der Waals surface area (Å²) in [6.45, 7) is 8.90. The van der Waals surface area contributed by atoms with Gasteiger partial charge in [0.2, 0.25) is 11.8 Å². The van der Waals surface area contributed by atoms with Crippen molar-refractivity contribution < 1.29 is 19.5 Å². The lowest BCUT2D eigenvalue weighted by atomic mass is 9.95. The fraction of sp³-hybridized carbons (Fsp3) is 0.800. The van der Waals surface area contributed by atoms with Crippen LogP contribution in [0, 0.1) is 11.8 Å². The van der Waals surface area contributed by atoms with Crippen LogP contribution in [0.5, 0.6) is 0 Å². The van der Waals surface area contributed by atoms with E-state index in [1.54, 1.807) is 0 Å². The van der Waals surface area contributed by atoms with Crippen LogP contribution in [0.2, 0.25) is 0 Å². The molecule has 5 unspecified atom stereocenters. The Morgan fingerprint density at radius 3 is 1.86 bits per heavy atom. The third-order valence-electron chi connectivity index (χ3n) is 4.08. The molecule has 7 nitrogen and oxygen atoms in total. The Hall–Kier alpha value is -1.63. The Bertz CT molecular complexity index is 400. The van der Waals surface area contributed by atoms with Gasteiger partial charge >= 0.3 is 5.97 Å². The van der Waals surface area contributed by atoms with E-state index in [1.807, 2.05) is 27.7 Å². The van der Waals surface area contributed by atoms with E-state index in [0.29, 0.717) is 6.42 Å². The Morgan fingerprint density at radius 1 is 0.955 bits per heavy atom. The Labute approximate surface area is 132 Å². The van der Waals surface area contributed by atoms with E-state index < -0.39 is 35.9 Å². The smallest absolute Gasteiger partial charge is 0.325 e. The number of carboxylic acids is 1. The molecule has 7 heteroatoms. The predicted molar refractivity (Wildman–Crippen MR) is 84.1 cm³/mol. The summed E-state index contributed by atoms with van der Waals surface area (Å²) in [6, 6.07) is -2.50. The summed E-state index contributed by atoms with van der Waals surface area (Å²) in [5, 5.41) is 13.9. The molecule has 22 heavy (non-hydrogen) atoms. The Morgan fingerprint density at radius 2 is 1.45 bits per heavy atom. The van der Waals surface area contributed by atoms with Crippen molar-refractivity contribution in [2.75, 3.05) is 0 Å². The van der Waals surface area contributed by atoms with Crippen LogP contribution in [0.15, 0.2) is 0 Å². The zero-order valence-electron chi connectivity index (χ0n) is 14.1. The molecular formula is C15H29N3O4. The van der Waals surface area contributed by atoms with Crippen LogP contribution in [0.3, 0.4) is 0 Å². The maximum atomic E-state index is 12.2. The van der Waals surface area contributed by atoms with Gasteiger partial charge in [0.1, 0.15) is 12.1 Å². The van der Waals surface area contributed by atoms with Gasteiger partial charge in [0.15, 0.2) is 0 Å². The van der Waals surface area contributed by atoms with E-state index >= 15 is 0 Å². The monoisotopic (exact) mass is 315 g/mol. The third kappa shape index (κ3) is 6.01. The second-order valence-corrected chi connectivity index (χ2v) is 5.85. The SMILES string of the molecule is CCC(C)C(N)C(=O)NC(C(=O)NC(C)C(=O)O)C(C)CC. The van der Waals surface area contributed by atoms with Gasteiger partial charge in [-0.05, 0) is 18.8 Å². The predicted octanol–water partition coefficient (Wildman–Crippen LogP) is 0.480. The summed E-state index contributed by atoms with van der Waals surface area (Å²) < 4.78 is 0. The quantitative estimate of drug-likeness (QED) is 0.493. The standard InChI is InChI=1S/C15H29N3O4/c1-6-8(3)11(16)13(19)18-12(9(4)7-2)14(20)17-10(5)15(21)22/h8-12H,6-7,16H2,1-5H3,(H,17,20)(H,18,19)(H,21,22). The lowest BCUT2D eigenvalue weighted by Crippen LogP contribution is -2.57. The Kier molecular flexibility index (Phi) is 8.70. The average molecular weight is 315 g/mol. The molecule has 0 aromatic carbocycles. The number of carbonyl (C=O) groups excluding carboxylic acids is 2. The fourth-order valence-electron chi connectivity index (χ4n) is 1.83. The molecule has 0 aliphatic rings. The molecule has 0 saturated heterocycles. The molecule has 0 heterocycles. The minimum absolute atomic E-state index is 0.00131. The first-order chi connectivity index (χ1) is 10.1. The van der Waals surface area contributed by atoms with E-state index in [-0.39, 0.29) is 11.8 Å². The van der Waals surface area contributed by atoms with Crippen LogP contribution in [-0.4, -0.2) is 41.0 Å². The third-order valence-corrected chi connectivity index (χ3v) is 4.08. The number of amides is 2. The van der Waals surface area contributed by atoms with Crippen LogP contribution in [0.4, 0.5) is 0 Å². The van der Waals surface area contributed by atoms with Crippen molar-refractivity contribution in [2.24, 2.45) is 17.6 Å². The topological polar surface area (TPSA) is 122 Å². The van der Waals surface area contributed by atoms with Gasteiger partial charge < -0.3 is 21.5 Å². The minimum Gasteiger partial charge on any atom is -0.480 e. The number of hydrogen-bond donors (Lipinski definition) is 4. The van der Waals surface area contributed by atoms with Gasteiger partial charge in [-0.2, -0.15) is 0 Å². The molecule has 0 aromatic rings. The van der Waals surface area contributed by atoms with E-state index in [9.17, 15) is 14.4 Å². The molecular weight excluding hydrogens is 286 g/mol. The highest BCUT2D eigenvalue weighted by atomic mass is 16.4. The van der Waals surface area contributed by atoms with Gasteiger partial charge in [0.25, 0.3) is 0 Å². The first kappa shape index (κ1) is 20.4. The lowest BCUT2D eigenvalue weighted by molar-refractivity contribution is -0.142. The first-order valence-corrected chi connectivity index (χ1v) is 7.74. The molecule has 0 rings (SSSR count). The van der Waals surface area contributed by atoms with Crippen LogP contribution in [0.25, 0.3) is 0 Å². The van der Waals surface area contributed by atoms with Crippen molar-refractivity contribution in [2.45, 2.75) is 65.6 Å². The van der Waals surface area contributed by atoms with Crippen LogP contribution >= 0.6 is 0 Å². The van der Waals surface area contributed by atoms with Crippen LogP contribution in [0.1, 0.15) is 47.5 Å². The van der Waals surface area contributed by atoms with Crippen molar-refractivity contribution in [3.63, 3.8) is 0 Å². The molecule has 0 spiro atoms. The van der Waals surface area contributed by atoms with E-state index in [1.165, 1.54) is 6.92 Å². The molecule has 0 saturated carbocycles. The van der Waals surface area contributed by atoms with Crippen molar-refractivity contribution in [1.82, 2.24) is 10.6 Å². The largest absolute Gasteiger partial charge is 0.480 e. The van der Waals surface area contributed by atoms with E-state index in [0.717, 1.165) is 6.42 Å². The minimum atomic E-state index is -1.13. The summed E-state index contributed by atoms with van der Waals surface area (Å²) in [5.41, 5.74) is 5.87. The molecule has 0 aliphatic heterocycles. The fourth-order valence-corrected chi connectivity index (χ4v) is 1.83. The molecule has 128 valence electrons. The van der Waals surface area contributed by atoms with Crippen LogP contribution in [-0.2, 0) is 14.4 Å². The number of nitrogens with one attached hydrogen (secondary N) is 2. The Balaban J connectivity index is 4.96. The number of aliphatic carboxylic acids is 1. The summed E-state index contributed by atoms with van der Waals surface area (Å²) >= 11 is 0. The average Bonchev–Trinajstić information content (AvgIpc) is 2.49. The number of carbonyl (C=O) groups is 3. The highest BCUT2D eigenvalue weighted by Gasteiger charge is 2.30. The van der Waals surface area contributed by atoms with Gasteiger partial charge in [0, 0.05) is 0 Å². The number of carboxylic acid groups (broad SMARTS) is 1. The van der Waals surface area contributed by atoms with Gasteiger partial charge in [-0.1, -0.05) is 40.5 Å². The maximum absolute atomic E-state index is 12.2. The molecule has 0 aliphatic carbocycles. The lowest BCUT2D eigenvalue weighted by Gasteiger charge is -2.27. The molecule has 0 fully saturated rings. The maximum Gasteiger partial charge on any atom is 0.325 e. The van der Waals surface area contributed by atoms with Crippen LogP contribution < -0.4 is 16.4 Å². The highest BCUT2D eigenvalue weighted by molar-refractivity contribution is 5.91. The zero-order valence-corrected chi connectivity index (χ0v) is 14.1. The molecule has 5 N–H and O–H groups in total.